The van der Waals surface area contributed by atoms with E-state index in [9.17, 15) is 4.79 Å². The van der Waals surface area contributed by atoms with Crippen LogP contribution in [0, 0.1) is 13.8 Å². The molecule has 1 aromatic carbocycles. The van der Waals surface area contributed by atoms with Gasteiger partial charge in [0.1, 0.15) is 10.8 Å². The smallest absolute Gasteiger partial charge is 0.228 e. The number of nitrogens with zero attached hydrogens (tertiary/aromatic N) is 3. The minimum Gasteiger partial charge on any atom is -0.493 e. The number of aromatic nitrogens is 2. The van der Waals surface area contributed by atoms with E-state index in [2.05, 4.69) is 10.1 Å². The summed E-state index contributed by atoms with van der Waals surface area (Å²) in [6, 6.07) is 5.65. The van der Waals surface area contributed by atoms with Gasteiger partial charge in [-0.25, -0.2) is 4.98 Å². The summed E-state index contributed by atoms with van der Waals surface area (Å²) in [5.74, 6) is 2.04. The second-order valence-electron chi connectivity index (χ2n) is 6.44. The fourth-order valence-corrected chi connectivity index (χ4v) is 3.65. The topological polar surface area (TPSA) is 77.7 Å². The third kappa shape index (κ3) is 4.17. The van der Waals surface area contributed by atoms with Gasteiger partial charge in [-0.1, -0.05) is 5.16 Å². The maximum Gasteiger partial charge on any atom is 0.228 e. The van der Waals surface area contributed by atoms with Gasteiger partial charge in [0.15, 0.2) is 11.5 Å². The maximum absolute atomic E-state index is 12.6. The molecule has 0 spiro atoms. The molecule has 0 saturated heterocycles. The van der Waals surface area contributed by atoms with Crippen molar-refractivity contribution in [2.75, 3.05) is 21.3 Å². The summed E-state index contributed by atoms with van der Waals surface area (Å²) in [6.45, 7) is 4.19. The second-order valence-corrected chi connectivity index (χ2v) is 7.30. The summed E-state index contributed by atoms with van der Waals surface area (Å²) < 4.78 is 15.8. The predicted molar refractivity (Wildman–Crippen MR) is 107 cm³/mol. The highest BCUT2D eigenvalue weighted by atomic mass is 32.1. The van der Waals surface area contributed by atoms with Gasteiger partial charge in [-0.05, 0) is 32.0 Å². The third-order valence-electron chi connectivity index (χ3n) is 4.52. The molecular formula is C20H23N3O4S. The normalized spacial score (nSPS) is 10.8. The zero-order chi connectivity index (χ0) is 20.3. The first-order valence-electron chi connectivity index (χ1n) is 8.75. The lowest BCUT2D eigenvalue weighted by molar-refractivity contribution is -0.129. The molecular weight excluding hydrogens is 378 g/mol. The summed E-state index contributed by atoms with van der Waals surface area (Å²) in [5.41, 5.74) is 3.41. The van der Waals surface area contributed by atoms with Gasteiger partial charge in [-0.15, -0.1) is 11.3 Å². The van der Waals surface area contributed by atoms with Gasteiger partial charge in [0.05, 0.1) is 38.6 Å². The molecule has 8 heteroatoms. The standard InChI is InChI=1S/C20H23N3O4S/c1-12-16(13(2)27-22-12)10-23(3)19(24)9-15-11-28-20(21-15)14-6-7-17(25-4)18(8-14)26-5/h6-8,11H,9-10H2,1-5H3. The van der Waals surface area contributed by atoms with E-state index in [4.69, 9.17) is 14.0 Å². The van der Waals surface area contributed by atoms with Crippen LogP contribution in [0.3, 0.4) is 0 Å². The number of carbonyl (C=O) groups is 1. The van der Waals surface area contributed by atoms with Crippen molar-refractivity contribution >= 4 is 17.2 Å². The molecule has 2 aromatic heterocycles. The molecule has 0 radical (unpaired) electrons. The molecule has 0 aliphatic rings. The van der Waals surface area contributed by atoms with Gasteiger partial charge >= 0.3 is 0 Å². The zero-order valence-corrected chi connectivity index (χ0v) is 17.4. The van der Waals surface area contributed by atoms with E-state index in [1.807, 2.05) is 37.4 Å². The Morgan fingerprint density at radius 1 is 1.21 bits per heavy atom. The number of likely N-dealkylation sites (N-methyl/N-ethyl adjacent to an activating group) is 1. The van der Waals surface area contributed by atoms with Crippen LogP contribution in [0.15, 0.2) is 28.1 Å². The number of carbonyl (C=O) groups excluding carboxylic acids is 1. The van der Waals surface area contributed by atoms with Crippen LogP contribution in [-0.2, 0) is 17.8 Å². The summed E-state index contributed by atoms with van der Waals surface area (Å²) in [7, 11) is 4.97. The molecule has 3 aromatic rings. The lowest BCUT2D eigenvalue weighted by Crippen LogP contribution is -2.28. The quantitative estimate of drug-likeness (QED) is 0.602. The molecule has 0 saturated carbocycles. The molecule has 28 heavy (non-hydrogen) atoms. The summed E-state index contributed by atoms with van der Waals surface area (Å²) in [6.07, 6.45) is 0.240. The van der Waals surface area contributed by atoms with Crippen molar-refractivity contribution in [1.82, 2.24) is 15.0 Å². The number of hydrogen-bond donors (Lipinski definition) is 0. The molecule has 148 valence electrons. The van der Waals surface area contributed by atoms with Crippen LogP contribution in [-0.4, -0.2) is 42.2 Å². The van der Waals surface area contributed by atoms with Crippen molar-refractivity contribution in [3.8, 4) is 22.1 Å². The number of hydrogen-bond acceptors (Lipinski definition) is 7. The van der Waals surface area contributed by atoms with Crippen LogP contribution >= 0.6 is 11.3 Å². The number of rotatable bonds is 7. The number of aryl methyl sites for hydroxylation is 2. The van der Waals surface area contributed by atoms with E-state index in [-0.39, 0.29) is 12.3 Å². The largest absolute Gasteiger partial charge is 0.493 e. The first kappa shape index (κ1) is 19.9. The Hall–Kier alpha value is -2.87. The Kier molecular flexibility index (Phi) is 5.99. The van der Waals surface area contributed by atoms with Crippen LogP contribution in [0.2, 0.25) is 0 Å². The minimum atomic E-state index is -0.0100. The van der Waals surface area contributed by atoms with E-state index in [0.29, 0.717) is 18.0 Å². The molecule has 0 aliphatic heterocycles. The highest BCUT2D eigenvalue weighted by Crippen LogP contribution is 2.33. The zero-order valence-electron chi connectivity index (χ0n) is 16.6. The van der Waals surface area contributed by atoms with E-state index in [1.165, 1.54) is 11.3 Å². The van der Waals surface area contributed by atoms with Gasteiger partial charge < -0.3 is 18.9 Å². The van der Waals surface area contributed by atoms with Crippen molar-refractivity contribution in [1.29, 1.82) is 0 Å². The van der Waals surface area contributed by atoms with E-state index in [0.717, 1.165) is 33.3 Å². The Bertz CT molecular complexity index is 960. The van der Waals surface area contributed by atoms with E-state index in [1.54, 1.807) is 26.2 Å². The molecule has 0 atom stereocenters. The molecule has 0 aliphatic carbocycles. The van der Waals surface area contributed by atoms with Crippen LogP contribution in [0.5, 0.6) is 11.5 Å². The summed E-state index contributed by atoms with van der Waals surface area (Å²) >= 11 is 1.50. The number of amides is 1. The Morgan fingerprint density at radius 3 is 2.61 bits per heavy atom. The molecule has 1 amide bonds. The molecule has 0 bridgehead atoms. The van der Waals surface area contributed by atoms with Crippen molar-refractivity contribution in [3.63, 3.8) is 0 Å². The third-order valence-corrected chi connectivity index (χ3v) is 5.46. The molecule has 0 fully saturated rings. The average Bonchev–Trinajstić information content (AvgIpc) is 3.29. The molecule has 0 unspecified atom stereocenters. The van der Waals surface area contributed by atoms with E-state index < -0.39 is 0 Å². The number of methoxy groups -OCH3 is 2. The highest BCUT2D eigenvalue weighted by molar-refractivity contribution is 7.13. The SMILES string of the molecule is COc1ccc(-c2nc(CC(=O)N(C)Cc3c(C)noc3C)cs2)cc1OC. The molecule has 0 N–H and O–H groups in total. The predicted octanol–water partition coefficient (Wildman–Crippen LogP) is 3.63. The first-order valence-corrected chi connectivity index (χ1v) is 9.63. The summed E-state index contributed by atoms with van der Waals surface area (Å²) in [4.78, 5) is 18.9. The average molecular weight is 401 g/mol. The highest BCUT2D eigenvalue weighted by Gasteiger charge is 2.17. The Morgan fingerprint density at radius 2 is 1.96 bits per heavy atom. The monoisotopic (exact) mass is 401 g/mol. The van der Waals surface area contributed by atoms with Gasteiger partial charge in [0, 0.05) is 23.6 Å². The van der Waals surface area contributed by atoms with Crippen LogP contribution in [0.25, 0.3) is 10.6 Å². The number of ether oxygens (including phenoxy) is 2. The lowest BCUT2D eigenvalue weighted by Gasteiger charge is -2.16. The van der Waals surface area contributed by atoms with Gasteiger partial charge in [-0.2, -0.15) is 0 Å². The number of thiazole rings is 1. The van der Waals surface area contributed by atoms with Crippen LogP contribution in [0.1, 0.15) is 22.7 Å². The fraction of sp³-hybridized carbons (Fsp3) is 0.350. The van der Waals surface area contributed by atoms with Crippen molar-refractivity contribution < 1.29 is 18.8 Å². The van der Waals surface area contributed by atoms with E-state index >= 15 is 0 Å². The van der Waals surface area contributed by atoms with Gasteiger partial charge in [0.2, 0.25) is 5.91 Å². The van der Waals surface area contributed by atoms with Crippen LogP contribution in [0.4, 0.5) is 0 Å². The first-order chi connectivity index (χ1) is 13.4. The van der Waals surface area contributed by atoms with Crippen molar-refractivity contribution in [3.05, 3.63) is 46.3 Å². The molecule has 7 nitrogen and oxygen atoms in total. The second kappa shape index (κ2) is 8.43. The Balaban J connectivity index is 1.69. The van der Waals surface area contributed by atoms with Crippen LogP contribution < -0.4 is 9.47 Å². The number of benzene rings is 1. The maximum atomic E-state index is 12.6. The molecule has 3 rings (SSSR count). The lowest BCUT2D eigenvalue weighted by atomic mass is 10.2. The summed E-state index contributed by atoms with van der Waals surface area (Å²) in [5, 5.41) is 6.67. The van der Waals surface area contributed by atoms with Crippen molar-refractivity contribution in [2.45, 2.75) is 26.8 Å². The van der Waals surface area contributed by atoms with Gasteiger partial charge in [-0.3, -0.25) is 4.79 Å². The Labute approximate surface area is 167 Å². The van der Waals surface area contributed by atoms with Crippen molar-refractivity contribution in [2.24, 2.45) is 0 Å². The van der Waals surface area contributed by atoms with Gasteiger partial charge in [0.25, 0.3) is 0 Å². The minimum absolute atomic E-state index is 0.0100. The fourth-order valence-electron chi connectivity index (χ4n) is 2.83. The molecule has 2 heterocycles.